The fourth-order valence-electron chi connectivity index (χ4n) is 2.52. The molecule has 1 amide bonds. The molecule has 0 saturated carbocycles. The molecule has 140 valence electrons. The Hall–Kier alpha value is -2.54. The molecule has 0 saturated heterocycles. The van der Waals surface area contributed by atoms with Gasteiger partial charge in [-0.05, 0) is 43.7 Å². The highest BCUT2D eigenvalue weighted by Gasteiger charge is 2.30. The SMILES string of the molecule is COc1ccccc1NC(=O)C(C)NC(C)c1cccc(C(F)(F)F)c1. The van der Waals surface area contributed by atoms with E-state index in [-0.39, 0.29) is 5.91 Å². The van der Waals surface area contributed by atoms with Gasteiger partial charge in [0.15, 0.2) is 0 Å². The van der Waals surface area contributed by atoms with Crippen molar-refractivity contribution < 1.29 is 22.7 Å². The number of methoxy groups -OCH3 is 1. The van der Waals surface area contributed by atoms with E-state index in [1.165, 1.54) is 13.2 Å². The molecular weight excluding hydrogens is 345 g/mol. The van der Waals surface area contributed by atoms with Crippen LogP contribution < -0.4 is 15.4 Å². The second-order valence-electron chi connectivity index (χ2n) is 5.92. The van der Waals surface area contributed by atoms with Crippen LogP contribution in [0.4, 0.5) is 18.9 Å². The Morgan fingerprint density at radius 1 is 1.08 bits per heavy atom. The number of carbonyl (C=O) groups is 1. The van der Waals surface area contributed by atoms with Crippen molar-refractivity contribution >= 4 is 11.6 Å². The van der Waals surface area contributed by atoms with E-state index in [2.05, 4.69) is 10.6 Å². The van der Waals surface area contributed by atoms with Crippen molar-refractivity contribution in [3.8, 4) is 5.75 Å². The third kappa shape index (κ3) is 4.98. The Labute approximate surface area is 150 Å². The van der Waals surface area contributed by atoms with Crippen molar-refractivity contribution in [3.05, 3.63) is 59.7 Å². The molecule has 0 aliphatic rings. The molecular formula is C19H21F3N2O2. The standard InChI is InChI=1S/C19H21F3N2O2/c1-12(14-7-6-8-15(11-14)19(20,21)22)23-13(2)18(25)24-16-9-4-5-10-17(16)26-3/h4-13,23H,1-3H3,(H,24,25). The van der Waals surface area contributed by atoms with Crippen LogP contribution in [-0.4, -0.2) is 19.1 Å². The Morgan fingerprint density at radius 3 is 2.42 bits per heavy atom. The van der Waals surface area contributed by atoms with Gasteiger partial charge in [0.25, 0.3) is 0 Å². The van der Waals surface area contributed by atoms with Crippen LogP contribution in [0.1, 0.15) is 31.0 Å². The number of rotatable bonds is 6. The van der Waals surface area contributed by atoms with Crippen molar-refractivity contribution in [2.45, 2.75) is 32.1 Å². The Bertz CT molecular complexity index is 762. The number of alkyl halides is 3. The molecule has 2 unspecified atom stereocenters. The summed E-state index contributed by atoms with van der Waals surface area (Å²) in [4.78, 5) is 12.4. The number of carbonyl (C=O) groups excluding carboxylic acids is 1. The van der Waals surface area contributed by atoms with Crippen LogP contribution in [0.3, 0.4) is 0 Å². The molecule has 0 spiro atoms. The fourth-order valence-corrected chi connectivity index (χ4v) is 2.52. The Morgan fingerprint density at radius 2 is 1.77 bits per heavy atom. The van der Waals surface area contributed by atoms with Crippen molar-refractivity contribution in [2.75, 3.05) is 12.4 Å². The predicted molar refractivity (Wildman–Crippen MR) is 94.1 cm³/mol. The topological polar surface area (TPSA) is 50.4 Å². The first-order chi connectivity index (χ1) is 12.2. The second-order valence-corrected chi connectivity index (χ2v) is 5.92. The Kier molecular flexibility index (Phi) is 6.26. The monoisotopic (exact) mass is 366 g/mol. The lowest BCUT2D eigenvalue weighted by Crippen LogP contribution is -2.39. The lowest BCUT2D eigenvalue weighted by atomic mass is 10.0. The zero-order valence-corrected chi connectivity index (χ0v) is 14.7. The fraction of sp³-hybridized carbons (Fsp3) is 0.316. The minimum Gasteiger partial charge on any atom is -0.495 e. The zero-order valence-electron chi connectivity index (χ0n) is 14.7. The molecule has 2 aromatic carbocycles. The van der Waals surface area contributed by atoms with Crippen LogP contribution in [0.25, 0.3) is 0 Å². The summed E-state index contributed by atoms with van der Waals surface area (Å²) >= 11 is 0. The summed E-state index contributed by atoms with van der Waals surface area (Å²) < 4.78 is 43.7. The highest BCUT2D eigenvalue weighted by molar-refractivity contribution is 5.95. The van der Waals surface area contributed by atoms with Gasteiger partial charge in [-0.15, -0.1) is 0 Å². The highest BCUT2D eigenvalue weighted by Crippen LogP contribution is 2.30. The maximum Gasteiger partial charge on any atom is 0.416 e. The minimum absolute atomic E-state index is 0.312. The first-order valence-corrected chi connectivity index (χ1v) is 8.09. The maximum absolute atomic E-state index is 12.8. The summed E-state index contributed by atoms with van der Waals surface area (Å²) in [5, 5.41) is 5.76. The minimum atomic E-state index is -4.40. The molecule has 7 heteroatoms. The molecule has 2 N–H and O–H groups in total. The summed E-state index contributed by atoms with van der Waals surface area (Å²) in [5.41, 5.74) is 0.270. The molecule has 2 rings (SSSR count). The molecule has 0 aliphatic carbocycles. The van der Waals surface area contributed by atoms with E-state index >= 15 is 0 Å². The molecule has 2 atom stereocenters. The van der Waals surface area contributed by atoms with Gasteiger partial charge >= 0.3 is 6.18 Å². The van der Waals surface area contributed by atoms with Gasteiger partial charge in [-0.2, -0.15) is 13.2 Å². The van der Waals surface area contributed by atoms with E-state index in [9.17, 15) is 18.0 Å². The maximum atomic E-state index is 12.8. The van der Waals surface area contributed by atoms with Crippen LogP contribution in [0.2, 0.25) is 0 Å². The summed E-state index contributed by atoms with van der Waals surface area (Å²) in [6.07, 6.45) is -4.40. The van der Waals surface area contributed by atoms with E-state index in [0.29, 0.717) is 17.0 Å². The third-order valence-electron chi connectivity index (χ3n) is 3.97. The summed E-state index contributed by atoms with van der Waals surface area (Å²) in [6.45, 7) is 3.36. The zero-order chi connectivity index (χ0) is 19.3. The van der Waals surface area contributed by atoms with Crippen molar-refractivity contribution in [1.82, 2.24) is 5.32 Å². The van der Waals surface area contributed by atoms with Crippen LogP contribution in [0.5, 0.6) is 5.75 Å². The molecule has 2 aromatic rings. The van der Waals surface area contributed by atoms with Crippen molar-refractivity contribution in [3.63, 3.8) is 0 Å². The highest BCUT2D eigenvalue weighted by atomic mass is 19.4. The van der Waals surface area contributed by atoms with E-state index in [1.54, 1.807) is 44.2 Å². The molecule has 0 fully saturated rings. The number of ether oxygens (including phenoxy) is 1. The number of nitrogens with one attached hydrogen (secondary N) is 2. The van der Waals surface area contributed by atoms with Crippen LogP contribution in [0, 0.1) is 0 Å². The van der Waals surface area contributed by atoms with Crippen LogP contribution in [-0.2, 0) is 11.0 Å². The summed E-state index contributed by atoms with van der Waals surface area (Å²) in [5.74, 6) is 0.215. The van der Waals surface area contributed by atoms with Gasteiger partial charge in [0.2, 0.25) is 5.91 Å². The molecule has 0 aromatic heterocycles. The van der Waals surface area contributed by atoms with E-state index in [1.807, 2.05) is 0 Å². The smallest absolute Gasteiger partial charge is 0.416 e. The largest absolute Gasteiger partial charge is 0.495 e. The summed E-state index contributed by atoms with van der Waals surface area (Å²) in [7, 11) is 1.50. The first kappa shape index (κ1) is 19.8. The molecule has 0 aliphatic heterocycles. The number of halogens is 3. The number of hydrogen-bond acceptors (Lipinski definition) is 3. The molecule has 26 heavy (non-hydrogen) atoms. The first-order valence-electron chi connectivity index (χ1n) is 8.09. The normalized spacial score (nSPS) is 13.8. The van der Waals surface area contributed by atoms with Gasteiger partial charge in [-0.3, -0.25) is 10.1 Å². The van der Waals surface area contributed by atoms with E-state index in [4.69, 9.17) is 4.74 Å². The molecule has 0 heterocycles. The number of amides is 1. The number of para-hydroxylation sites is 2. The number of anilines is 1. The van der Waals surface area contributed by atoms with Gasteiger partial charge < -0.3 is 10.1 Å². The van der Waals surface area contributed by atoms with Crippen LogP contribution in [0.15, 0.2) is 48.5 Å². The van der Waals surface area contributed by atoms with Crippen LogP contribution >= 0.6 is 0 Å². The van der Waals surface area contributed by atoms with Gasteiger partial charge in [0.05, 0.1) is 24.4 Å². The van der Waals surface area contributed by atoms with Crippen molar-refractivity contribution in [1.29, 1.82) is 0 Å². The van der Waals surface area contributed by atoms with Crippen molar-refractivity contribution in [2.24, 2.45) is 0 Å². The van der Waals surface area contributed by atoms with Gasteiger partial charge in [-0.1, -0.05) is 24.3 Å². The average molecular weight is 366 g/mol. The molecule has 4 nitrogen and oxygen atoms in total. The Balaban J connectivity index is 2.04. The second kappa shape index (κ2) is 8.23. The third-order valence-corrected chi connectivity index (χ3v) is 3.97. The summed E-state index contributed by atoms with van der Waals surface area (Å²) in [6, 6.07) is 11.0. The van der Waals surface area contributed by atoms with Gasteiger partial charge in [0.1, 0.15) is 5.75 Å². The number of benzene rings is 2. The quantitative estimate of drug-likeness (QED) is 0.797. The average Bonchev–Trinajstić information content (AvgIpc) is 2.61. The lowest BCUT2D eigenvalue weighted by Gasteiger charge is -2.21. The molecule has 0 radical (unpaired) electrons. The van der Waals surface area contributed by atoms with Gasteiger partial charge in [0, 0.05) is 6.04 Å². The molecule has 0 bridgehead atoms. The number of hydrogen-bond donors (Lipinski definition) is 2. The van der Waals surface area contributed by atoms with E-state index < -0.39 is 23.8 Å². The van der Waals surface area contributed by atoms with E-state index in [0.717, 1.165) is 12.1 Å². The predicted octanol–water partition coefficient (Wildman–Crippen LogP) is 4.39. The van der Waals surface area contributed by atoms with Gasteiger partial charge in [-0.25, -0.2) is 0 Å². The lowest BCUT2D eigenvalue weighted by molar-refractivity contribution is -0.137.